The molecule has 0 bridgehead atoms. The highest BCUT2D eigenvalue weighted by Crippen LogP contribution is 2.42. The molecular weight excluding hydrogens is 255 g/mol. The Labute approximate surface area is 110 Å². The predicted molar refractivity (Wildman–Crippen MR) is 64.9 cm³/mol. The van der Waals surface area contributed by atoms with Crippen LogP contribution in [0.4, 0.5) is 13.2 Å². The second-order valence-electron chi connectivity index (χ2n) is 5.18. The van der Waals surface area contributed by atoms with Crippen LogP contribution in [-0.4, -0.2) is 30.6 Å². The maximum absolute atomic E-state index is 13.0. The third-order valence-electron chi connectivity index (χ3n) is 4.15. The average molecular weight is 271 g/mol. The van der Waals surface area contributed by atoms with Crippen molar-refractivity contribution in [3.8, 4) is 0 Å². The Bertz CT molecular complexity index is 486. The minimum Gasteiger partial charge on any atom is -0.371 e. The van der Waals surface area contributed by atoms with Gasteiger partial charge in [-0.3, -0.25) is 0 Å². The summed E-state index contributed by atoms with van der Waals surface area (Å²) in [7, 11) is 0. The molecule has 2 aliphatic rings. The molecule has 2 aliphatic heterocycles. The van der Waals surface area contributed by atoms with Gasteiger partial charge in [0.05, 0.1) is 18.3 Å². The molecule has 5 heteroatoms. The van der Waals surface area contributed by atoms with E-state index < -0.39 is 11.7 Å². The van der Waals surface area contributed by atoms with Crippen LogP contribution in [0, 0.1) is 0 Å². The van der Waals surface area contributed by atoms with Crippen LogP contribution in [0.5, 0.6) is 0 Å². The van der Waals surface area contributed by atoms with Crippen LogP contribution in [0.15, 0.2) is 18.2 Å². The molecule has 19 heavy (non-hydrogen) atoms. The van der Waals surface area contributed by atoms with Crippen molar-refractivity contribution in [2.75, 3.05) is 19.6 Å². The van der Waals surface area contributed by atoms with E-state index in [2.05, 4.69) is 11.8 Å². The fraction of sp³-hybridized carbons (Fsp3) is 0.571. The maximum Gasteiger partial charge on any atom is 0.416 e. The molecule has 0 N–H and O–H groups in total. The Balaban J connectivity index is 2.01. The van der Waals surface area contributed by atoms with Crippen molar-refractivity contribution in [3.63, 3.8) is 0 Å². The fourth-order valence-electron chi connectivity index (χ4n) is 3.15. The third kappa shape index (κ3) is 2.15. The Kier molecular flexibility index (Phi) is 3.06. The van der Waals surface area contributed by atoms with E-state index in [1.54, 1.807) is 0 Å². The summed E-state index contributed by atoms with van der Waals surface area (Å²) in [6, 6.07) is 4.48. The number of benzene rings is 1. The number of ether oxygens (including phenoxy) is 1. The molecular formula is C14H16F3NO. The summed E-state index contributed by atoms with van der Waals surface area (Å²) in [5, 5.41) is 0. The number of rotatable bonds is 1. The lowest BCUT2D eigenvalue weighted by Gasteiger charge is -2.29. The summed E-state index contributed by atoms with van der Waals surface area (Å²) < 4.78 is 44.6. The average Bonchev–Trinajstić information content (AvgIpc) is 2.80. The molecule has 0 aromatic heterocycles. The Morgan fingerprint density at radius 2 is 2.11 bits per heavy atom. The molecule has 0 radical (unpaired) electrons. The first-order chi connectivity index (χ1) is 9.00. The summed E-state index contributed by atoms with van der Waals surface area (Å²) >= 11 is 0. The van der Waals surface area contributed by atoms with Crippen LogP contribution in [-0.2, 0) is 17.5 Å². The van der Waals surface area contributed by atoms with E-state index >= 15 is 0 Å². The lowest BCUT2D eigenvalue weighted by molar-refractivity contribution is -0.139. The number of nitrogens with zero attached hydrogens (tertiary/aromatic N) is 1. The molecule has 1 aromatic carbocycles. The molecule has 0 amide bonds. The van der Waals surface area contributed by atoms with E-state index in [9.17, 15) is 13.2 Å². The summed E-state index contributed by atoms with van der Waals surface area (Å²) in [6.07, 6.45) is -4.26. The number of alkyl halides is 3. The number of hydrogen-bond donors (Lipinski definition) is 0. The molecule has 2 nitrogen and oxygen atoms in total. The van der Waals surface area contributed by atoms with Gasteiger partial charge in [-0.05, 0) is 23.7 Å². The second kappa shape index (κ2) is 4.49. The standard InChI is InChI=1S/C14H16F3NO/c1-2-18-6-10-9-4-3-5-12(14(15,16)17)11(9)8-19-13(10)7-18/h3-5,10,13H,2,6-8H2,1H3/t10-,13-/m0/s1. The monoisotopic (exact) mass is 271 g/mol. The van der Waals surface area contributed by atoms with Crippen molar-refractivity contribution < 1.29 is 17.9 Å². The molecule has 1 fully saturated rings. The van der Waals surface area contributed by atoms with Crippen molar-refractivity contribution in [1.29, 1.82) is 0 Å². The molecule has 0 aliphatic carbocycles. The van der Waals surface area contributed by atoms with Crippen molar-refractivity contribution in [3.05, 3.63) is 34.9 Å². The first kappa shape index (κ1) is 12.9. The quantitative estimate of drug-likeness (QED) is 0.778. The minimum absolute atomic E-state index is 0.0379. The molecule has 1 aromatic rings. The molecule has 1 saturated heterocycles. The van der Waals surface area contributed by atoms with E-state index in [1.807, 2.05) is 6.07 Å². The number of likely N-dealkylation sites (tertiary alicyclic amines) is 1. The largest absolute Gasteiger partial charge is 0.416 e. The first-order valence-corrected chi connectivity index (χ1v) is 6.53. The molecule has 0 saturated carbocycles. The zero-order valence-electron chi connectivity index (χ0n) is 10.7. The van der Waals surface area contributed by atoms with Gasteiger partial charge in [-0.2, -0.15) is 13.2 Å². The van der Waals surface area contributed by atoms with Gasteiger partial charge in [0.25, 0.3) is 0 Å². The Hall–Kier alpha value is -1.07. The minimum atomic E-state index is -4.30. The number of likely N-dealkylation sites (N-methyl/N-ethyl adjacent to an activating group) is 1. The van der Waals surface area contributed by atoms with Gasteiger partial charge in [-0.1, -0.05) is 19.1 Å². The van der Waals surface area contributed by atoms with Crippen molar-refractivity contribution in [2.45, 2.75) is 31.7 Å². The van der Waals surface area contributed by atoms with Crippen LogP contribution in [0.25, 0.3) is 0 Å². The Morgan fingerprint density at radius 1 is 1.32 bits per heavy atom. The van der Waals surface area contributed by atoms with Crippen LogP contribution in [0.3, 0.4) is 0 Å². The zero-order valence-corrected chi connectivity index (χ0v) is 10.7. The predicted octanol–water partition coefficient (Wildman–Crippen LogP) is 3.02. The van der Waals surface area contributed by atoms with Crippen molar-refractivity contribution in [2.24, 2.45) is 0 Å². The van der Waals surface area contributed by atoms with Gasteiger partial charge in [0.15, 0.2) is 0 Å². The van der Waals surface area contributed by atoms with E-state index in [1.165, 1.54) is 6.07 Å². The molecule has 2 atom stereocenters. The van der Waals surface area contributed by atoms with Crippen LogP contribution in [0.2, 0.25) is 0 Å². The molecule has 2 heterocycles. The van der Waals surface area contributed by atoms with E-state index in [0.29, 0.717) is 5.56 Å². The van der Waals surface area contributed by atoms with E-state index in [4.69, 9.17) is 4.74 Å². The van der Waals surface area contributed by atoms with Gasteiger partial charge < -0.3 is 9.64 Å². The molecule has 104 valence electrons. The summed E-state index contributed by atoms with van der Waals surface area (Å²) in [4.78, 5) is 2.23. The zero-order chi connectivity index (χ0) is 13.6. The van der Waals surface area contributed by atoms with Gasteiger partial charge >= 0.3 is 6.18 Å². The first-order valence-electron chi connectivity index (χ1n) is 6.53. The van der Waals surface area contributed by atoms with E-state index in [0.717, 1.165) is 31.3 Å². The highest BCUT2D eigenvalue weighted by atomic mass is 19.4. The molecule has 3 rings (SSSR count). The maximum atomic E-state index is 13.0. The fourth-order valence-corrected chi connectivity index (χ4v) is 3.15. The van der Waals surface area contributed by atoms with Gasteiger partial charge in [-0.25, -0.2) is 0 Å². The van der Waals surface area contributed by atoms with Gasteiger partial charge in [0.2, 0.25) is 0 Å². The van der Waals surface area contributed by atoms with Crippen molar-refractivity contribution >= 4 is 0 Å². The number of fused-ring (bicyclic) bond motifs is 3. The lowest BCUT2D eigenvalue weighted by atomic mass is 9.87. The normalized spacial score (nSPS) is 27.2. The molecule has 0 spiro atoms. The third-order valence-corrected chi connectivity index (χ3v) is 4.15. The van der Waals surface area contributed by atoms with Crippen LogP contribution in [0.1, 0.15) is 29.5 Å². The highest BCUT2D eigenvalue weighted by Gasteiger charge is 2.42. The topological polar surface area (TPSA) is 12.5 Å². The van der Waals surface area contributed by atoms with E-state index in [-0.39, 0.29) is 18.6 Å². The van der Waals surface area contributed by atoms with Crippen molar-refractivity contribution in [1.82, 2.24) is 4.90 Å². The number of halogens is 3. The number of hydrogen-bond acceptors (Lipinski definition) is 2. The smallest absolute Gasteiger partial charge is 0.371 e. The second-order valence-corrected chi connectivity index (χ2v) is 5.18. The van der Waals surface area contributed by atoms with Crippen LogP contribution >= 0.6 is 0 Å². The highest BCUT2D eigenvalue weighted by molar-refractivity contribution is 5.41. The van der Waals surface area contributed by atoms with Gasteiger partial charge in [0, 0.05) is 19.0 Å². The van der Waals surface area contributed by atoms with Crippen LogP contribution < -0.4 is 0 Å². The summed E-state index contributed by atoms with van der Waals surface area (Å²) in [5.74, 6) is 0.0750. The SMILES string of the molecule is CCN1C[C@@H]2OCc3c(cccc3C(F)(F)F)[C@@H]2C1. The molecule has 0 unspecified atom stereocenters. The Morgan fingerprint density at radius 3 is 2.79 bits per heavy atom. The van der Waals surface area contributed by atoms with Gasteiger partial charge in [0.1, 0.15) is 0 Å². The summed E-state index contributed by atoms with van der Waals surface area (Å²) in [6.45, 7) is 4.64. The lowest BCUT2D eigenvalue weighted by Crippen LogP contribution is -2.29. The summed E-state index contributed by atoms with van der Waals surface area (Å²) in [5.41, 5.74) is 0.606. The van der Waals surface area contributed by atoms with Gasteiger partial charge in [-0.15, -0.1) is 0 Å².